The van der Waals surface area contributed by atoms with Gasteiger partial charge in [0.2, 0.25) is 0 Å². The van der Waals surface area contributed by atoms with Crippen molar-refractivity contribution >= 4 is 11.7 Å². The maximum Gasteiger partial charge on any atom is 0.313 e. The van der Waals surface area contributed by atoms with Gasteiger partial charge in [-0.05, 0) is 23.3 Å². The summed E-state index contributed by atoms with van der Waals surface area (Å²) in [7, 11) is 1.58. The van der Waals surface area contributed by atoms with Crippen LogP contribution >= 0.6 is 0 Å². The molecule has 0 unspecified atom stereocenters. The quantitative estimate of drug-likeness (QED) is 0.429. The van der Waals surface area contributed by atoms with Crippen LogP contribution in [-0.2, 0) is 20.9 Å². The summed E-state index contributed by atoms with van der Waals surface area (Å²) < 4.78 is 16.0. The summed E-state index contributed by atoms with van der Waals surface area (Å²) in [5.74, 6) is 0.0957. The zero-order valence-corrected chi connectivity index (χ0v) is 14.3. The standard InChI is InChI=1S/C19H19NO6/c1-24-12-17-10-18(19(21)26-17)14-5-7-16(8-6-14)25-11-13-3-2-4-15(9-13)20(22)23/h2-9,17-18H,10-12H2,1H3/t17-,18-/m0/s1. The van der Waals surface area contributed by atoms with Crippen LogP contribution in [0.5, 0.6) is 5.75 Å². The first-order valence-electron chi connectivity index (χ1n) is 8.22. The Hall–Kier alpha value is -2.93. The van der Waals surface area contributed by atoms with E-state index in [-0.39, 0.29) is 30.3 Å². The highest BCUT2D eigenvalue weighted by atomic mass is 16.6. The molecule has 0 amide bonds. The van der Waals surface area contributed by atoms with E-state index in [9.17, 15) is 14.9 Å². The number of benzene rings is 2. The molecule has 0 saturated carbocycles. The van der Waals surface area contributed by atoms with Crippen molar-refractivity contribution in [3.05, 3.63) is 69.8 Å². The Morgan fingerprint density at radius 3 is 2.69 bits per heavy atom. The van der Waals surface area contributed by atoms with Crippen LogP contribution in [0.1, 0.15) is 23.5 Å². The third-order valence-electron chi connectivity index (χ3n) is 4.23. The molecule has 1 aliphatic heterocycles. The minimum Gasteiger partial charge on any atom is -0.489 e. The topological polar surface area (TPSA) is 87.9 Å². The van der Waals surface area contributed by atoms with Gasteiger partial charge in [0, 0.05) is 25.7 Å². The highest BCUT2D eigenvalue weighted by molar-refractivity contribution is 5.80. The molecule has 26 heavy (non-hydrogen) atoms. The monoisotopic (exact) mass is 357 g/mol. The molecular weight excluding hydrogens is 338 g/mol. The Morgan fingerprint density at radius 1 is 1.23 bits per heavy atom. The van der Waals surface area contributed by atoms with Crippen LogP contribution in [0.2, 0.25) is 0 Å². The molecule has 0 spiro atoms. The van der Waals surface area contributed by atoms with Crippen LogP contribution in [0.25, 0.3) is 0 Å². The molecule has 136 valence electrons. The van der Waals surface area contributed by atoms with Crippen LogP contribution in [0.3, 0.4) is 0 Å². The van der Waals surface area contributed by atoms with Gasteiger partial charge in [-0.1, -0.05) is 24.3 Å². The molecule has 1 saturated heterocycles. The molecule has 2 aromatic rings. The van der Waals surface area contributed by atoms with Gasteiger partial charge in [-0.15, -0.1) is 0 Å². The van der Waals surface area contributed by atoms with E-state index in [2.05, 4.69) is 0 Å². The van der Waals surface area contributed by atoms with Crippen molar-refractivity contribution in [1.29, 1.82) is 0 Å². The van der Waals surface area contributed by atoms with E-state index in [1.807, 2.05) is 12.1 Å². The maximum absolute atomic E-state index is 12.0. The summed E-state index contributed by atoms with van der Waals surface area (Å²) >= 11 is 0. The number of nitrogens with zero attached hydrogens (tertiary/aromatic N) is 1. The Bertz CT molecular complexity index is 789. The number of nitro benzene ring substituents is 1. The highest BCUT2D eigenvalue weighted by Gasteiger charge is 2.35. The zero-order chi connectivity index (χ0) is 18.5. The van der Waals surface area contributed by atoms with Gasteiger partial charge in [0.05, 0.1) is 17.4 Å². The summed E-state index contributed by atoms with van der Waals surface area (Å²) in [6.45, 7) is 0.620. The number of esters is 1. The molecule has 1 heterocycles. The third kappa shape index (κ3) is 4.18. The number of carbonyl (C=O) groups excluding carboxylic acids is 1. The number of cyclic esters (lactones) is 1. The second-order valence-corrected chi connectivity index (χ2v) is 6.09. The number of non-ortho nitro benzene ring substituents is 1. The van der Waals surface area contributed by atoms with Gasteiger partial charge in [0.1, 0.15) is 18.5 Å². The van der Waals surface area contributed by atoms with E-state index >= 15 is 0 Å². The lowest BCUT2D eigenvalue weighted by Gasteiger charge is -2.09. The Balaban J connectivity index is 1.61. The molecular formula is C19H19NO6. The molecule has 1 fully saturated rings. The SMILES string of the molecule is COC[C@@H]1C[C@@H](c2ccc(OCc3cccc([N+](=O)[O-])c3)cc2)C(=O)O1. The first-order valence-corrected chi connectivity index (χ1v) is 8.22. The van der Waals surface area contributed by atoms with Crippen molar-refractivity contribution in [2.24, 2.45) is 0 Å². The van der Waals surface area contributed by atoms with E-state index in [1.54, 1.807) is 31.4 Å². The van der Waals surface area contributed by atoms with Crippen LogP contribution in [0.4, 0.5) is 5.69 Å². The molecule has 0 N–H and O–H groups in total. The smallest absolute Gasteiger partial charge is 0.313 e. The second kappa shape index (κ2) is 7.97. The molecule has 1 aliphatic rings. The highest BCUT2D eigenvalue weighted by Crippen LogP contribution is 2.32. The van der Waals surface area contributed by atoms with Crippen LogP contribution in [0, 0.1) is 10.1 Å². The number of hydrogen-bond donors (Lipinski definition) is 0. The molecule has 2 atom stereocenters. The average molecular weight is 357 g/mol. The van der Waals surface area contributed by atoms with Crippen LogP contribution in [-0.4, -0.2) is 30.7 Å². The number of methoxy groups -OCH3 is 1. The minimum atomic E-state index is -0.435. The molecule has 7 nitrogen and oxygen atoms in total. The number of hydrogen-bond acceptors (Lipinski definition) is 6. The molecule has 0 bridgehead atoms. The lowest BCUT2D eigenvalue weighted by molar-refractivity contribution is -0.384. The van der Waals surface area contributed by atoms with Gasteiger partial charge < -0.3 is 14.2 Å². The van der Waals surface area contributed by atoms with E-state index in [0.29, 0.717) is 24.3 Å². The Kier molecular flexibility index (Phi) is 5.48. The van der Waals surface area contributed by atoms with Gasteiger partial charge in [-0.3, -0.25) is 14.9 Å². The summed E-state index contributed by atoms with van der Waals surface area (Å²) in [6, 6.07) is 13.6. The van der Waals surface area contributed by atoms with Crippen molar-refractivity contribution in [2.45, 2.75) is 25.0 Å². The van der Waals surface area contributed by atoms with E-state index in [1.165, 1.54) is 12.1 Å². The fourth-order valence-corrected chi connectivity index (χ4v) is 2.94. The van der Waals surface area contributed by atoms with Crippen molar-refractivity contribution < 1.29 is 23.9 Å². The first-order chi connectivity index (χ1) is 12.6. The first kappa shape index (κ1) is 17.9. The number of carbonyl (C=O) groups is 1. The van der Waals surface area contributed by atoms with Gasteiger partial charge in [-0.25, -0.2) is 0 Å². The molecule has 0 aliphatic carbocycles. The summed E-state index contributed by atoms with van der Waals surface area (Å²) in [5, 5.41) is 10.8. The lowest BCUT2D eigenvalue weighted by atomic mass is 9.96. The van der Waals surface area contributed by atoms with Crippen LogP contribution in [0.15, 0.2) is 48.5 Å². The molecule has 2 aromatic carbocycles. The number of nitro groups is 1. The minimum absolute atomic E-state index is 0.0341. The molecule has 3 rings (SSSR count). The van der Waals surface area contributed by atoms with Gasteiger partial charge >= 0.3 is 5.97 Å². The zero-order valence-electron chi connectivity index (χ0n) is 14.3. The average Bonchev–Trinajstić information content (AvgIpc) is 3.01. The predicted octanol–water partition coefficient (Wildman–Crippen LogP) is 3.22. The third-order valence-corrected chi connectivity index (χ3v) is 4.23. The Labute approximate surface area is 150 Å². The van der Waals surface area contributed by atoms with Gasteiger partial charge in [0.15, 0.2) is 0 Å². The fraction of sp³-hybridized carbons (Fsp3) is 0.316. The summed E-state index contributed by atoms with van der Waals surface area (Å²) in [6.07, 6.45) is 0.392. The van der Waals surface area contributed by atoms with Crippen LogP contribution < -0.4 is 4.74 Å². The Morgan fingerprint density at radius 2 is 2.00 bits per heavy atom. The molecule has 0 radical (unpaired) electrons. The molecule has 0 aromatic heterocycles. The van der Waals surface area contributed by atoms with Crippen molar-refractivity contribution in [1.82, 2.24) is 0 Å². The normalized spacial score (nSPS) is 19.2. The van der Waals surface area contributed by atoms with E-state index in [0.717, 1.165) is 5.56 Å². The van der Waals surface area contributed by atoms with E-state index in [4.69, 9.17) is 14.2 Å². The molecule has 7 heteroatoms. The predicted molar refractivity (Wildman–Crippen MR) is 93.0 cm³/mol. The number of rotatable bonds is 7. The largest absolute Gasteiger partial charge is 0.489 e. The lowest BCUT2D eigenvalue weighted by Crippen LogP contribution is -2.13. The van der Waals surface area contributed by atoms with Crippen molar-refractivity contribution in [2.75, 3.05) is 13.7 Å². The fourth-order valence-electron chi connectivity index (χ4n) is 2.94. The summed E-state index contributed by atoms with van der Waals surface area (Å²) in [5.41, 5.74) is 1.62. The summed E-state index contributed by atoms with van der Waals surface area (Å²) in [4.78, 5) is 22.3. The van der Waals surface area contributed by atoms with Gasteiger partial charge in [-0.2, -0.15) is 0 Å². The van der Waals surface area contributed by atoms with Crippen molar-refractivity contribution in [3.63, 3.8) is 0 Å². The van der Waals surface area contributed by atoms with E-state index < -0.39 is 4.92 Å². The van der Waals surface area contributed by atoms with Crippen molar-refractivity contribution in [3.8, 4) is 5.75 Å². The van der Waals surface area contributed by atoms with Gasteiger partial charge in [0.25, 0.3) is 5.69 Å². The number of ether oxygens (including phenoxy) is 3. The second-order valence-electron chi connectivity index (χ2n) is 6.09. The maximum atomic E-state index is 12.0.